The Labute approximate surface area is 101 Å². The predicted octanol–water partition coefficient (Wildman–Crippen LogP) is 0.772. The molecule has 2 N–H and O–H groups in total. The molecule has 1 unspecified atom stereocenters. The average Bonchev–Trinajstić information content (AvgIpc) is 2.70. The van der Waals surface area contributed by atoms with Gasteiger partial charge in [-0.1, -0.05) is 6.92 Å². The first-order valence-corrected chi connectivity index (χ1v) is 5.91. The third-order valence-corrected chi connectivity index (χ3v) is 2.39. The molecule has 0 fully saturated rings. The molecule has 1 atom stereocenters. The van der Waals surface area contributed by atoms with Crippen molar-refractivity contribution in [1.82, 2.24) is 20.8 Å². The minimum absolute atomic E-state index is 0.0635. The largest absolute Gasteiger partial charge is 0.424 e. The lowest BCUT2D eigenvalue weighted by Crippen LogP contribution is -2.33. The highest BCUT2D eigenvalue weighted by Gasteiger charge is 2.05. The molecule has 96 valence electrons. The van der Waals surface area contributed by atoms with Gasteiger partial charge in [-0.25, -0.2) is 0 Å². The van der Waals surface area contributed by atoms with E-state index in [0.29, 0.717) is 31.3 Å². The van der Waals surface area contributed by atoms with Crippen LogP contribution in [0.5, 0.6) is 0 Å². The summed E-state index contributed by atoms with van der Waals surface area (Å²) in [6.45, 7) is 6.88. The second-order valence-electron chi connectivity index (χ2n) is 4.02. The molecule has 1 rings (SSSR count). The summed E-state index contributed by atoms with van der Waals surface area (Å²) >= 11 is 0. The molecule has 0 aliphatic heterocycles. The van der Waals surface area contributed by atoms with E-state index in [4.69, 9.17) is 4.42 Å². The van der Waals surface area contributed by atoms with Gasteiger partial charge in [0.15, 0.2) is 0 Å². The summed E-state index contributed by atoms with van der Waals surface area (Å²) in [7, 11) is 0. The minimum Gasteiger partial charge on any atom is -0.424 e. The van der Waals surface area contributed by atoms with Crippen molar-refractivity contribution >= 4 is 5.91 Å². The predicted molar refractivity (Wildman–Crippen MR) is 63.3 cm³/mol. The van der Waals surface area contributed by atoms with Gasteiger partial charge in [-0.3, -0.25) is 4.79 Å². The summed E-state index contributed by atoms with van der Waals surface area (Å²) in [4.78, 5) is 11.4. The maximum Gasteiger partial charge on any atom is 0.230 e. The summed E-state index contributed by atoms with van der Waals surface area (Å²) in [5.41, 5.74) is 0. The molecule has 0 saturated carbocycles. The number of carbonyl (C=O) groups excluding carboxylic acids is 1. The van der Waals surface area contributed by atoms with Crippen molar-refractivity contribution in [3.63, 3.8) is 0 Å². The molecular formula is C11H20N4O2. The van der Waals surface area contributed by atoms with Gasteiger partial charge in [0.25, 0.3) is 0 Å². The summed E-state index contributed by atoms with van der Waals surface area (Å²) in [6, 6.07) is 0.237. The third kappa shape index (κ3) is 5.44. The van der Waals surface area contributed by atoms with Crippen molar-refractivity contribution in [2.45, 2.75) is 46.2 Å². The van der Waals surface area contributed by atoms with Gasteiger partial charge in [-0.2, -0.15) is 0 Å². The van der Waals surface area contributed by atoms with Crippen LogP contribution in [0.2, 0.25) is 0 Å². The van der Waals surface area contributed by atoms with E-state index in [-0.39, 0.29) is 11.9 Å². The molecule has 0 saturated heterocycles. The number of nitrogens with one attached hydrogen (secondary N) is 2. The van der Waals surface area contributed by atoms with Crippen molar-refractivity contribution < 1.29 is 9.21 Å². The average molecular weight is 240 g/mol. The number of nitrogens with zero attached hydrogens (tertiary/aromatic N) is 2. The molecule has 1 amide bonds. The van der Waals surface area contributed by atoms with E-state index < -0.39 is 0 Å². The number of carbonyl (C=O) groups is 1. The second-order valence-corrected chi connectivity index (χ2v) is 4.02. The van der Waals surface area contributed by atoms with Crippen molar-refractivity contribution in [2.24, 2.45) is 0 Å². The molecule has 6 nitrogen and oxygen atoms in total. The molecule has 17 heavy (non-hydrogen) atoms. The number of aryl methyl sites for hydroxylation is 1. The lowest BCUT2D eigenvalue weighted by molar-refractivity contribution is -0.121. The first kappa shape index (κ1) is 13.6. The van der Waals surface area contributed by atoms with E-state index in [1.54, 1.807) is 6.92 Å². The molecular weight excluding hydrogens is 220 g/mol. The number of aromatic nitrogens is 2. The minimum atomic E-state index is 0.0635. The van der Waals surface area contributed by atoms with Crippen LogP contribution in [-0.4, -0.2) is 28.7 Å². The fraction of sp³-hybridized carbons (Fsp3) is 0.727. The number of amides is 1. The standard InChI is InChI=1S/C11H20N4O2/c1-4-8(2)13-10(16)5-6-12-7-11-15-14-9(3)17-11/h8,12H,4-7H2,1-3H3,(H,13,16). The Kier molecular flexibility index (Phi) is 5.62. The summed E-state index contributed by atoms with van der Waals surface area (Å²) in [6.07, 6.45) is 1.40. The molecule has 0 radical (unpaired) electrons. The lowest BCUT2D eigenvalue weighted by Gasteiger charge is -2.11. The van der Waals surface area contributed by atoms with Gasteiger partial charge in [-0.15, -0.1) is 10.2 Å². The van der Waals surface area contributed by atoms with Crippen LogP contribution in [0.1, 0.15) is 38.5 Å². The monoisotopic (exact) mass is 240 g/mol. The van der Waals surface area contributed by atoms with Crippen LogP contribution in [0.15, 0.2) is 4.42 Å². The topological polar surface area (TPSA) is 80.0 Å². The van der Waals surface area contributed by atoms with E-state index in [1.165, 1.54) is 0 Å². The highest BCUT2D eigenvalue weighted by atomic mass is 16.4. The van der Waals surface area contributed by atoms with Gasteiger partial charge in [0.2, 0.25) is 17.7 Å². The van der Waals surface area contributed by atoms with Crippen molar-refractivity contribution in [3.05, 3.63) is 11.8 Å². The molecule has 0 spiro atoms. The maximum atomic E-state index is 11.4. The van der Waals surface area contributed by atoms with Crippen LogP contribution in [-0.2, 0) is 11.3 Å². The summed E-state index contributed by atoms with van der Waals surface area (Å²) in [5, 5.41) is 13.5. The molecule has 0 bridgehead atoms. The third-order valence-electron chi connectivity index (χ3n) is 2.39. The summed E-state index contributed by atoms with van der Waals surface area (Å²) in [5.74, 6) is 1.16. The molecule has 1 aromatic rings. The van der Waals surface area contributed by atoms with Gasteiger partial charge in [0.1, 0.15) is 0 Å². The Morgan fingerprint density at radius 3 is 2.82 bits per heavy atom. The SMILES string of the molecule is CCC(C)NC(=O)CCNCc1nnc(C)o1. The van der Waals surface area contributed by atoms with Crippen LogP contribution >= 0.6 is 0 Å². The summed E-state index contributed by atoms with van der Waals surface area (Å²) < 4.78 is 5.19. The van der Waals surface area contributed by atoms with E-state index >= 15 is 0 Å². The second kappa shape index (κ2) is 7.01. The van der Waals surface area contributed by atoms with E-state index in [1.807, 2.05) is 13.8 Å². The number of hydrogen-bond acceptors (Lipinski definition) is 5. The van der Waals surface area contributed by atoms with Crippen molar-refractivity contribution in [2.75, 3.05) is 6.54 Å². The quantitative estimate of drug-likeness (QED) is 0.688. The molecule has 0 aliphatic carbocycles. The number of hydrogen-bond donors (Lipinski definition) is 2. The normalized spacial score (nSPS) is 12.4. The Morgan fingerprint density at radius 1 is 1.47 bits per heavy atom. The van der Waals surface area contributed by atoms with Gasteiger partial charge in [0, 0.05) is 25.9 Å². The zero-order valence-corrected chi connectivity index (χ0v) is 10.6. The molecule has 1 heterocycles. The first-order chi connectivity index (χ1) is 8.11. The molecule has 0 aromatic carbocycles. The van der Waals surface area contributed by atoms with Crippen molar-refractivity contribution in [1.29, 1.82) is 0 Å². The Bertz CT molecular complexity index is 351. The zero-order chi connectivity index (χ0) is 12.7. The molecule has 0 aliphatic rings. The fourth-order valence-corrected chi connectivity index (χ4v) is 1.26. The van der Waals surface area contributed by atoms with Gasteiger partial charge in [-0.05, 0) is 13.3 Å². The zero-order valence-electron chi connectivity index (χ0n) is 10.6. The van der Waals surface area contributed by atoms with E-state index in [2.05, 4.69) is 20.8 Å². The van der Waals surface area contributed by atoms with Gasteiger partial charge < -0.3 is 15.1 Å². The van der Waals surface area contributed by atoms with Crippen LogP contribution in [0.3, 0.4) is 0 Å². The smallest absolute Gasteiger partial charge is 0.230 e. The highest BCUT2D eigenvalue weighted by Crippen LogP contribution is 1.96. The fourth-order valence-electron chi connectivity index (χ4n) is 1.26. The van der Waals surface area contributed by atoms with E-state index in [0.717, 1.165) is 6.42 Å². The molecule has 1 aromatic heterocycles. The Morgan fingerprint density at radius 2 is 2.24 bits per heavy atom. The molecule has 6 heteroatoms. The van der Waals surface area contributed by atoms with Crippen LogP contribution in [0.25, 0.3) is 0 Å². The first-order valence-electron chi connectivity index (χ1n) is 5.91. The van der Waals surface area contributed by atoms with Crippen LogP contribution < -0.4 is 10.6 Å². The lowest BCUT2D eigenvalue weighted by atomic mass is 10.2. The van der Waals surface area contributed by atoms with Gasteiger partial charge in [0.05, 0.1) is 6.54 Å². The van der Waals surface area contributed by atoms with E-state index in [9.17, 15) is 4.79 Å². The Hall–Kier alpha value is -1.43. The van der Waals surface area contributed by atoms with Crippen LogP contribution in [0, 0.1) is 6.92 Å². The Balaban J connectivity index is 2.10. The maximum absolute atomic E-state index is 11.4. The number of rotatable bonds is 7. The van der Waals surface area contributed by atoms with Crippen LogP contribution in [0.4, 0.5) is 0 Å². The van der Waals surface area contributed by atoms with Crippen molar-refractivity contribution in [3.8, 4) is 0 Å². The van der Waals surface area contributed by atoms with Gasteiger partial charge >= 0.3 is 0 Å². The highest BCUT2D eigenvalue weighted by molar-refractivity contribution is 5.76.